The zero-order chi connectivity index (χ0) is 25.2. The highest BCUT2D eigenvalue weighted by Crippen LogP contribution is 2.37. The molecule has 3 heterocycles. The van der Waals surface area contributed by atoms with Gasteiger partial charge in [-0.25, -0.2) is 8.42 Å². The lowest BCUT2D eigenvalue weighted by atomic mass is 10.2. The molecule has 0 unspecified atom stereocenters. The third-order valence-corrected chi connectivity index (χ3v) is 7.66. The molecule has 11 heteroatoms. The number of benzene rings is 1. The van der Waals surface area contributed by atoms with Crippen molar-refractivity contribution in [2.75, 3.05) is 14.2 Å². The molecule has 0 aliphatic carbocycles. The zero-order valence-corrected chi connectivity index (χ0v) is 21.0. The van der Waals surface area contributed by atoms with Crippen molar-refractivity contribution < 1.29 is 22.3 Å². The largest absolute Gasteiger partial charge is 0.494 e. The summed E-state index contributed by atoms with van der Waals surface area (Å²) in [6, 6.07) is 12.4. The van der Waals surface area contributed by atoms with Crippen LogP contribution in [-0.4, -0.2) is 52.8 Å². The number of aromatic nitrogens is 5. The van der Waals surface area contributed by atoms with E-state index >= 15 is 0 Å². The quantitative estimate of drug-likeness (QED) is 0.342. The number of methoxy groups -OCH3 is 2. The topological polar surface area (TPSA) is 122 Å². The summed E-state index contributed by atoms with van der Waals surface area (Å²) < 4.78 is 45.4. The van der Waals surface area contributed by atoms with E-state index in [0.717, 1.165) is 5.69 Å². The Kier molecular flexibility index (Phi) is 6.88. The van der Waals surface area contributed by atoms with Gasteiger partial charge in [-0.1, -0.05) is 6.07 Å². The summed E-state index contributed by atoms with van der Waals surface area (Å²) in [5, 5.41) is 15.9. The van der Waals surface area contributed by atoms with Gasteiger partial charge < -0.3 is 13.9 Å². The molecule has 4 aromatic rings. The zero-order valence-electron chi connectivity index (χ0n) is 20.2. The molecule has 184 valence electrons. The molecule has 0 aliphatic rings. The normalized spacial score (nSPS) is 12.5. The molecular weight excluding hydrogens is 470 g/mol. The second-order valence-electron chi connectivity index (χ2n) is 8.18. The molecule has 0 aliphatic heterocycles. The van der Waals surface area contributed by atoms with E-state index < -0.39 is 15.1 Å². The van der Waals surface area contributed by atoms with Crippen LogP contribution in [0.4, 0.5) is 0 Å². The molecule has 1 atom stereocenters. The van der Waals surface area contributed by atoms with Gasteiger partial charge in [-0.15, -0.1) is 10.2 Å². The number of hydrogen-bond donors (Lipinski definition) is 0. The van der Waals surface area contributed by atoms with Gasteiger partial charge in [-0.3, -0.25) is 4.57 Å². The van der Waals surface area contributed by atoms with Crippen molar-refractivity contribution in [1.82, 2.24) is 25.0 Å². The fourth-order valence-electron chi connectivity index (χ4n) is 3.69. The SMILES string of the molecule is COc1cccc(OC)c1-n1c(CS(=O)(=O)[C@@H](C)Cc2ccc(C)nn2)nnc1-c1ccc(C)o1. The van der Waals surface area contributed by atoms with Gasteiger partial charge in [0.25, 0.3) is 0 Å². The van der Waals surface area contributed by atoms with Crippen molar-refractivity contribution in [3.8, 4) is 28.8 Å². The van der Waals surface area contributed by atoms with Crippen LogP contribution in [0.3, 0.4) is 0 Å². The number of sulfone groups is 1. The standard InChI is InChI=1S/C24H27N5O5S/c1-15-9-11-18(26-25-15)13-17(3)35(30,31)14-22-27-28-24(21-12-10-16(2)34-21)29(22)23-19(32-4)7-6-8-20(23)33-5/h6-12,17H,13-14H2,1-5H3/t17-/m0/s1. The van der Waals surface area contributed by atoms with Gasteiger partial charge in [0.1, 0.15) is 28.7 Å². The van der Waals surface area contributed by atoms with E-state index in [1.54, 1.807) is 47.9 Å². The Morgan fingerprint density at radius 3 is 2.23 bits per heavy atom. The molecule has 10 nitrogen and oxygen atoms in total. The first kappa shape index (κ1) is 24.4. The summed E-state index contributed by atoms with van der Waals surface area (Å²) in [4.78, 5) is 0. The van der Waals surface area contributed by atoms with E-state index in [-0.39, 0.29) is 18.0 Å². The van der Waals surface area contributed by atoms with Gasteiger partial charge >= 0.3 is 0 Å². The van der Waals surface area contributed by atoms with E-state index in [2.05, 4.69) is 20.4 Å². The third-order valence-electron chi connectivity index (χ3n) is 5.61. The molecule has 35 heavy (non-hydrogen) atoms. The molecule has 0 radical (unpaired) electrons. The maximum absolute atomic E-state index is 13.4. The molecule has 0 amide bonds. The monoisotopic (exact) mass is 497 g/mol. The van der Waals surface area contributed by atoms with Crippen LogP contribution in [0.25, 0.3) is 17.3 Å². The minimum atomic E-state index is -3.66. The maximum atomic E-state index is 13.4. The third kappa shape index (κ3) is 5.04. The predicted molar refractivity (Wildman–Crippen MR) is 129 cm³/mol. The second kappa shape index (κ2) is 9.87. The number of rotatable bonds is 9. The molecule has 3 aromatic heterocycles. The molecule has 0 spiro atoms. The van der Waals surface area contributed by atoms with Crippen molar-refractivity contribution in [3.63, 3.8) is 0 Å². The molecule has 0 bridgehead atoms. The minimum absolute atomic E-state index is 0.207. The van der Waals surface area contributed by atoms with E-state index in [1.165, 1.54) is 14.2 Å². The smallest absolute Gasteiger partial charge is 0.204 e. The van der Waals surface area contributed by atoms with Gasteiger partial charge in [0, 0.05) is 6.42 Å². The highest BCUT2D eigenvalue weighted by atomic mass is 32.2. The van der Waals surface area contributed by atoms with Crippen molar-refractivity contribution in [1.29, 1.82) is 0 Å². The van der Waals surface area contributed by atoms with E-state index in [1.807, 2.05) is 19.9 Å². The first-order chi connectivity index (χ1) is 16.7. The summed E-state index contributed by atoms with van der Waals surface area (Å²) in [7, 11) is -0.602. The second-order valence-corrected chi connectivity index (χ2v) is 10.6. The molecule has 1 aromatic carbocycles. The summed E-state index contributed by atoms with van der Waals surface area (Å²) in [6.45, 7) is 5.29. The van der Waals surface area contributed by atoms with Crippen molar-refractivity contribution >= 4 is 9.84 Å². The lowest BCUT2D eigenvalue weighted by Gasteiger charge is -2.18. The van der Waals surface area contributed by atoms with Crippen LogP contribution >= 0.6 is 0 Å². The average molecular weight is 498 g/mol. The van der Waals surface area contributed by atoms with Gasteiger partial charge in [0.2, 0.25) is 5.82 Å². The summed E-state index contributed by atoms with van der Waals surface area (Å²) in [6.07, 6.45) is 0.228. The molecule has 0 saturated carbocycles. The van der Waals surface area contributed by atoms with Gasteiger partial charge in [0.15, 0.2) is 21.4 Å². The van der Waals surface area contributed by atoms with E-state index in [0.29, 0.717) is 40.2 Å². The number of nitrogens with zero attached hydrogens (tertiary/aromatic N) is 5. The Hall–Kier alpha value is -3.73. The first-order valence-electron chi connectivity index (χ1n) is 11.0. The Balaban J connectivity index is 1.79. The Morgan fingerprint density at radius 1 is 0.943 bits per heavy atom. The predicted octanol–water partition coefficient (Wildman–Crippen LogP) is 3.50. The first-order valence-corrected chi connectivity index (χ1v) is 12.7. The van der Waals surface area contributed by atoms with Crippen LogP contribution < -0.4 is 9.47 Å². The van der Waals surface area contributed by atoms with Crippen LogP contribution in [-0.2, 0) is 22.0 Å². The highest BCUT2D eigenvalue weighted by Gasteiger charge is 2.29. The molecular formula is C24H27N5O5S. The van der Waals surface area contributed by atoms with Crippen molar-refractivity contribution in [3.05, 3.63) is 65.4 Å². The summed E-state index contributed by atoms with van der Waals surface area (Å²) >= 11 is 0. The minimum Gasteiger partial charge on any atom is -0.494 e. The van der Waals surface area contributed by atoms with Crippen LogP contribution in [0, 0.1) is 13.8 Å². The number of ether oxygens (including phenoxy) is 2. The average Bonchev–Trinajstić information content (AvgIpc) is 3.45. The van der Waals surface area contributed by atoms with Crippen LogP contribution in [0.1, 0.15) is 29.9 Å². The molecule has 0 saturated heterocycles. The molecule has 4 rings (SSSR count). The summed E-state index contributed by atoms with van der Waals surface area (Å²) in [5.74, 6) is 2.24. The number of para-hydroxylation sites is 1. The van der Waals surface area contributed by atoms with Crippen molar-refractivity contribution in [2.45, 2.75) is 38.2 Å². The number of furan rings is 1. The van der Waals surface area contributed by atoms with Gasteiger partial charge in [0.05, 0.1) is 30.9 Å². The van der Waals surface area contributed by atoms with Crippen LogP contribution in [0.15, 0.2) is 46.9 Å². The van der Waals surface area contributed by atoms with Gasteiger partial charge in [-0.2, -0.15) is 10.2 Å². The number of aryl methyl sites for hydroxylation is 2. The Labute approximate surface area is 203 Å². The van der Waals surface area contributed by atoms with Crippen LogP contribution in [0.5, 0.6) is 11.5 Å². The molecule has 0 fully saturated rings. The summed E-state index contributed by atoms with van der Waals surface area (Å²) in [5.41, 5.74) is 1.85. The van der Waals surface area contributed by atoms with E-state index in [4.69, 9.17) is 13.9 Å². The number of hydrogen-bond acceptors (Lipinski definition) is 9. The van der Waals surface area contributed by atoms with E-state index in [9.17, 15) is 8.42 Å². The molecule has 0 N–H and O–H groups in total. The Morgan fingerprint density at radius 2 is 1.66 bits per heavy atom. The highest BCUT2D eigenvalue weighted by molar-refractivity contribution is 7.91. The van der Waals surface area contributed by atoms with Gasteiger partial charge in [-0.05, 0) is 57.2 Å². The maximum Gasteiger partial charge on any atom is 0.204 e. The van der Waals surface area contributed by atoms with Crippen molar-refractivity contribution in [2.24, 2.45) is 0 Å². The lowest BCUT2D eigenvalue weighted by molar-refractivity contribution is 0.390. The lowest BCUT2D eigenvalue weighted by Crippen LogP contribution is -2.24. The fraction of sp³-hybridized carbons (Fsp3) is 0.333. The Bertz CT molecular complexity index is 1400. The van der Waals surface area contributed by atoms with Crippen LogP contribution in [0.2, 0.25) is 0 Å². The fourth-order valence-corrected chi connectivity index (χ4v) is 4.95.